The number of nitrogens with zero attached hydrogens (tertiary/aromatic N) is 2. The van der Waals surface area contributed by atoms with Crippen molar-refractivity contribution in [1.29, 1.82) is 10.5 Å². The summed E-state index contributed by atoms with van der Waals surface area (Å²) in [5.41, 5.74) is 0.699. The number of carbonyl (C=O) groups is 1. The highest BCUT2D eigenvalue weighted by molar-refractivity contribution is 6.01. The molecule has 0 spiro atoms. The molecule has 0 saturated heterocycles. The fourth-order valence-electron chi connectivity index (χ4n) is 3.10. The molecule has 1 aromatic rings. The maximum Gasteiger partial charge on any atom is 0.262 e. The Morgan fingerprint density at radius 2 is 2.08 bits per heavy atom. The molecular weight excluding hydrogens is 330 g/mol. The van der Waals surface area contributed by atoms with Gasteiger partial charge in [-0.15, -0.1) is 0 Å². The van der Waals surface area contributed by atoms with E-state index in [1.165, 1.54) is 19.6 Å². The second-order valence-corrected chi connectivity index (χ2v) is 6.37. The summed E-state index contributed by atoms with van der Waals surface area (Å²) in [5, 5.41) is 21.0. The van der Waals surface area contributed by atoms with Crippen molar-refractivity contribution < 1.29 is 14.3 Å². The van der Waals surface area contributed by atoms with Crippen LogP contribution in [-0.2, 0) is 4.79 Å². The van der Waals surface area contributed by atoms with Crippen LogP contribution in [0, 0.1) is 28.6 Å². The van der Waals surface area contributed by atoms with E-state index in [-0.39, 0.29) is 24.1 Å². The first-order valence-electron chi connectivity index (χ1n) is 8.69. The monoisotopic (exact) mass is 353 g/mol. The van der Waals surface area contributed by atoms with E-state index in [0.717, 1.165) is 19.3 Å². The smallest absolute Gasteiger partial charge is 0.262 e. The van der Waals surface area contributed by atoms with Gasteiger partial charge >= 0.3 is 0 Å². The van der Waals surface area contributed by atoms with Gasteiger partial charge < -0.3 is 14.8 Å². The molecule has 136 valence electrons. The number of hydrogen-bond donors (Lipinski definition) is 1. The molecule has 26 heavy (non-hydrogen) atoms. The van der Waals surface area contributed by atoms with Gasteiger partial charge in [0.25, 0.3) is 5.91 Å². The minimum atomic E-state index is -0.352. The molecule has 0 unspecified atom stereocenters. The van der Waals surface area contributed by atoms with Crippen molar-refractivity contribution in [1.82, 2.24) is 5.32 Å². The van der Waals surface area contributed by atoms with Crippen molar-refractivity contribution in [3.63, 3.8) is 0 Å². The molecule has 1 amide bonds. The number of amides is 1. The predicted molar refractivity (Wildman–Crippen MR) is 97.3 cm³/mol. The maximum atomic E-state index is 12.5. The Morgan fingerprint density at radius 3 is 2.73 bits per heavy atom. The number of benzene rings is 1. The molecule has 6 nitrogen and oxygen atoms in total. The lowest BCUT2D eigenvalue weighted by Crippen LogP contribution is -2.41. The van der Waals surface area contributed by atoms with Gasteiger partial charge in [-0.05, 0) is 42.5 Å². The standard InChI is InChI=1S/C20H23N3O3/c1-14-5-3-4-6-17(14)23-20(24)16(13-22)11-15-7-8-18(26-10-9-21)19(12-15)25-2/h7-8,11-12,14,17H,3-6,10H2,1-2H3,(H,23,24)/b16-11+/t14-,17-/m0/s1. The van der Waals surface area contributed by atoms with E-state index in [9.17, 15) is 10.1 Å². The van der Waals surface area contributed by atoms with E-state index in [0.29, 0.717) is 23.0 Å². The van der Waals surface area contributed by atoms with Crippen molar-refractivity contribution in [3.8, 4) is 23.6 Å². The van der Waals surface area contributed by atoms with Crippen LogP contribution >= 0.6 is 0 Å². The first-order chi connectivity index (χ1) is 12.6. The Labute approximate surface area is 154 Å². The maximum absolute atomic E-state index is 12.5. The van der Waals surface area contributed by atoms with E-state index in [2.05, 4.69) is 12.2 Å². The van der Waals surface area contributed by atoms with Gasteiger partial charge in [-0.2, -0.15) is 10.5 Å². The van der Waals surface area contributed by atoms with Crippen LogP contribution in [0.25, 0.3) is 6.08 Å². The molecular formula is C20H23N3O3. The Bertz CT molecular complexity index is 759. The number of methoxy groups -OCH3 is 1. The second-order valence-electron chi connectivity index (χ2n) is 6.37. The lowest BCUT2D eigenvalue weighted by atomic mass is 9.86. The van der Waals surface area contributed by atoms with Crippen LogP contribution in [0.5, 0.6) is 11.5 Å². The molecule has 0 bridgehead atoms. The quantitative estimate of drug-likeness (QED) is 0.626. The molecule has 2 atom stereocenters. The Balaban J connectivity index is 2.15. The highest BCUT2D eigenvalue weighted by Gasteiger charge is 2.24. The third kappa shape index (κ3) is 5.00. The van der Waals surface area contributed by atoms with Gasteiger partial charge in [-0.1, -0.05) is 25.8 Å². The molecule has 2 rings (SSSR count). The zero-order valence-electron chi connectivity index (χ0n) is 15.1. The molecule has 1 aliphatic carbocycles. The molecule has 1 aromatic carbocycles. The van der Waals surface area contributed by atoms with Gasteiger partial charge in [0.1, 0.15) is 17.7 Å². The number of carbonyl (C=O) groups excluding carboxylic acids is 1. The Morgan fingerprint density at radius 1 is 1.31 bits per heavy atom. The lowest BCUT2D eigenvalue weighted by Gasteiger charge is -2.29. The van der Waals surface area contributed by atoms with Crippen LogP contribution < -0.4 is 14.8 Å². The average Bonchev–Trinajstić information content (AvgIpc) is 2.66. The van der Waals surface area contributed by atoms with Crippen molar-refractivity contribution in [2.24, 2.45) is 5.92 Å². The van der Waals surface area contributed by atoms with E-state index in [4.69, 9.17) is 14.7 Å². The van der Waals surface area contributed by atoms with Crippen molar-refractivity contribution >= 4 is 12.0 Å². The van der Waals surface area contributed by atoms with Crippen molar-refractivity contribution in [2.45, 2.75) is 38.6 Å². The van der Waals surface area contributed by atoms with Gasteiger partial charge in [0.2, 0.25) is 0 Å². The van der Waals surface area contributed by atoms with Crippen molar-refractivity contribution in [2.75, 3.05) is 13.7 Å². The SMILES string of the molecule is COc1cc(/C=C(\C#N)C(=O)N[C@H]2CCCC[C@@H]2C)ccc1OCC#N. The molecule has 0 aromatic heterocycles. The molecule has 0 radical (unpaired) electrons. The summed E-state index contributed by atoms with van der Waals surface area (Å²) in [5.74, 6) is 0.942. The highest BCUT2D eigenvalue weighted by atomic mass is 16.5. The van der Waals surface area contributed by atoms with Gasteiger partial charge in [0, 0.05) is 6.04 Å². The Kier molecular flexibility index (Phi) is 7.05. The summed E-state index contributed by atoms with van der Waals surface area (Å²) < 4.78 is 10.5. The number of hydrogen-bond acceptors (Lipinski definition) is 5. The van der Waals surface area contributed by atoms with Gasteiger partial charge in [-0.25, -0.2) is 0 Å². The van der Waals surface area contributed by atoms with E-state index >= 15 is 0 Å². The van der Waals surface area contributed by atoms with Crippen LogP contribution in [-0.4, -0.2) is 25.7 Å². The van der Waals surface area contributed by atoms with Crippen molar-refractivity contribution in [3.05, 3.63) is 29.3 Å². The number of nitrogens with one attached hydrogen (secondary N) is 1. The molecule has 1 saturated carbocycles. The van der Waals surface area contributed by atoms with E-state index < -0.39 is 0 Å². The van der Waals surface area contributed by atoms with Crippen LogP contribution in [0.4, 0.5) is 0 Å². The number of rotatable bonds is 6. The largest absolute Gasteiger partial charge is 0.493 e. The molecule has 0 heterocycles. The first kappa shape index (κ1) is 19.3. The first-order valence-corrected chi connectivity index (χ1v) is 8.69. The van der Waals surface area contributed by atoms with E-state index in [1.54, 1.807) is 18.2 Å². The molecule has 1 fully saturated rings. The number of ether oxygens (including phenoxy) is 2. The molecule has 6 heteroatoms. The summed E-state index contributed by atoms with van der Waals surface area (Å²) in [7, 11) is 1.49. The fourth-order valence-corrected chi connectivity index (χ4v) is 3.10. The molecule has 1 aliphatic rings. The van der Waals surface area contributed by atoms with Crippen LogP contribution in [0.3, 0.4) is 0 Å². The molecule has 0 aliphatic heterocycles. The summed E-state index contributed by atoms with van der Waals surface area (Å²) in [4.78, 5) is 12.5. The normalized spacial score (nSPS) is 19.8. The zero-order chi connectivity index (χ0) is 18.9. The topological polar surface area (TPSA) is 95.1 Å². The summed E-state index contributed by atoms with van der Waals surface area (Å²) in [6, 6.07) is 9.01. The lowest BCUT2D eigenvalue weighted by molar-refractivity contribution is -0.118. The van der Waals surface area contributed by atoms with E-state index in [1.807, 2.05) is 12.1 Å². The molecule has 1 N–H and O–H groups in total. The highest BCUT2D eigenvalue weighted by Crippen LogP contribution is 2.29. The van der Waals surface area contributed by atoms with Crippen LogP contribution in [0.15, 0.2) is 23.8 Å². The van der Waals surface area contributed by atoms with Crippen LogP contribution in [0.1, 0.15) is 38.2 Å². The predicted octanol–water partition coefficient (Wildman–Crippen LogP) is 3.20. The zero-order valence-corrected chi connectivity index (χ0v) is 15.1. The summed E-state index contributed by atoms with van der Waals surface area (Å²) in [6.45, 7) is 2.04. The number of nitriles is 2. The second kappa shape index (κ2) is 9.48. The third-order valence-electron chi connectivity index (χ3n) is 4.58. The van der Waals surface area contributed by atoms with Crippen LogP contribution in [0.2, 0.25) is 0 Å². The van der Waals surface area contributed by atoms with Gasteiger partial charge in [-0.3, -0.25) is 4.79 Å². The minimum Gasteiger partial charge on any atom is -0.493 e. The fraction of sp³-hybridized carbons (Fsp3) is 0.450. The summed E-state index contributed by atoms with van der Waals surface area (Å²) >= 11 is 0. The summed E-state index contributed by atoms with van der Waals surface area (Å²) in [6.07, 6.45) is 5.86. The minimum absolute atomic E-state index is 0.0514. The van der Waals surface area contributed by atoms with Gasteiger partial charge in [0.15, 0.2) is 18.1 Å². The third-order valence-corrected chi connectivity index (χ3v) is 4.58. The van der Waals surface area contributed by atoms with Gasteiger partial charge in [0.05, 0.1) is 7.11 Å². The Hall–Kier alpha value is -2.99. The average molecular weight is 353 g/mol.